The molecule has 0 atom stereocenters. The zero-order chi connectivity index (χ0) is 83.8. The lowest BCUT2D eigenvalue weighted by Crippen LogP contribution is -2.02. The zero-order valence-corrected chi connectivity index (χ0v) is 69.6. The smallest absolute Gasteiger partial charge is 0.164 e. The van der Waals surface area contributed by atoms with Crippen molar-refractivity contribution in [2.45, 2.75) is 0 Å². The van der Waals surface area contributed by atoms with Gasteiger partial charge in [0, 0.05) is 53.6 Å². The lowest BCUT2D eigenvalue weighted by Gasteiger charge is -2.29. The van der Waals surface area contributed by atoms with Gasteiger partial charge < -0.3 is 0 Å². The minimum absolute atomic E-state index is 0.566. The summed E-state index contributed by atoms with van der Waals surface area (Å²) in [5.74, 6) is 3.50. The maximum atomic E-state index is 5.34. The van der Waals surface area contributed by atoms with E-state index in [9.17, 15) is 0 Å². The van der Waals surface area contributed by atoms with Gasteiger partial charge in [0.1, 0.15) is 0 Å². The lowest BCUT2D eigenvalue weighted by atomic mass is 9.73. The largest absolute Gasteiger partial charge is 0.208 e. The molecule has 0 bridgehead atoms. The van der Waals surface area contributed by atoms with Crippen molar-refractivity contribution >= 4 is 85.4 Å². The van der Waals surface area contributed by atoms with Crippen molar-refractivity contribution in [1.82, 2.24) is 29.9 Å². The Kier molecular flexibility index (Phi) is 18.4. The van der Waals surface area contributed by atoms with Gasteiger partial charge in [-0.2, -0.15) is 0 Å². The lowest BCUT2D eigenvalue weighted by molar-refractivity contribution is 1.07. The van der Waals surface area contributed by atoms with E-state index in [-0.39, 0.29) is 0 Å². The maximum absolute atomic E-state index is 5.34. The summed E-state index contributed by atoms with van der Waals surface area (Å²) >= 11 is 1.85. The SMILES string of the molecule is c1ccc(-c2ccc3sc4ccc(-c5ccc(-c6c(-c7ccc(-c8nc(-c9ccccc9)nc(-c9ccccc9)n8)cc7)c(-c7ccc(-c8nc(-c9ccccc9)nc(-c9ccccc9)n8)cc7)c(-c7ccccc7)c7c8cccc9c%10c(-c%11ccccc%11)c(-c%11ccccc%11)c(-c%11ccccc%11)c(-c%11ccccc%11)c%10c%10cccc(c67)c%10c98)cc5)cc4c3c2)cc1. The van der Waals surface area contributed by atoms with E-state index in [0.717, 1.165) is 138 Å². The number of hydrogen-bond donors (Lipinski definition) is 0. The van der Waals surface area contributed by atoms with Crippen molar-refractivity contribution in [2.24, 2.45) is 0 Å². The van der Waals surface area contributed by atoms with Crippen LogP contribution >= 0.6 is 11.3 Å². The van der Waals surface area contributed by atoms with Crippen LogP contribution in [0.3, 0.4) is 0 Å². The molecule has 24 rings (SSSR count). The second-order valence-corrected chi connectivity index (χ2v) is 33.6. The van der Waals surface area contributed by atoms with Crippen molar-refractivity contribution in [3.8, 4) is 180 Å². The Morgan fingerprint density at radius 2 is 0.291 bits per heavy atom. The Morgan fingerprint density at radius 3 is 0.543 bits per heavy atom. The summed E-state index contributed by atoms with van der Waals surface area (Å²) in [6.07, 6.45) is 0. The topological polar surface area (TPSA) is 77.3 Å². The minimum atomic E-state index is 0.566. The van der Waals surface area contributed by atoms with Crippen LogP contribution in [0.1, 0.15) is 0 Å². The highest BCUT2D eigenvalue weighted by Crippen LogP contribution is 2.61. The van der Waals surface area contributed by atoms with E-state index in [1.807, 2.05) is 84.1 Å². The normalized spacial score (nSPS) is 11.6. The molecule has 0 fully saturated rings. The molecular weight excluding hydrogens is 1560 g/mol. The molecule has 590 valence electrons. The second-order valence-electron chi connectivity index (χ2n) is 32.5. The number of rotatable bonds is 16. The van der Waals surface area contributed by atoms with E-state index >= 15 is 0 Å². The van der Waals surface area contributed by atoms with Gasteiger partial charge in [0.05, 0.1) is 0 Å². The maximum Gasteiger partial charge on any atom is 0.164 e. The number of hydrogen-bond acceptors (Lipinski definition) is 7. The first-order valence-corrected chi connectivity index (χ1v) is 43.9. The fraction of sp³-hybridized carbons (Fsp3) is 0. The van der Waals surface area contributed by atoms with Gasteiger partial charge >= 0.3 is 0 Å². The highest BCUT2D eigenvalue weighted by Gasteiger charge is 2.33. The predicted molar refractivity (Wildman–Crippen MR) is 532 cm³/mol. The van der Waals surface area contributed by atoms with Crippen LogP contribution in [-0.2, 0) is 0 Å². The van der Waals surface area contributed by atoms with Gasteiger partial charge in [-0.3, -0.25) is 0 Å². The average molecular weight is 1630 g/mol. The van der Waals surface area contributed by atoms with Gasteiger partial charge in [-0.25, -0.2) is 29.9 Å². The quantitative estimate of drug-likeness (QED) is 0.0709. The molecule has 127 heavy (non-hydrogen) atoms. The van der Waals surface area contributed by atoms with Gasteiger partial charge in [0.15, 0.2) is 34.9 Å². The fourth-order valence-electron chi connectivity index (χ4n) is 19.4. The molecule has 0 N–H and O–H groups in total. The summed E-state index contributed by atoms with van der Waals surface area (Å²) in [4.78, 5) is 31.6. The first-order chi connectivity index (χ1) is 63.0. The highest BCUT2D eigenvalue weighted by molar-refractivity contribution is 7.25. The highest BCUT2D eigenvalue weighted by atomic mass is 32.1. The van der Waals surface area contributed by atoms with E-state index in [4.69, 9.17) is 29.9 Å². The molecule has 21 aromatic carbocycles. The van der Waals surface area contributed by atoms with Gasteiger partial charge in [-0.05, 0) is 189 Å². The summed E-state index contributed by atoms with van der Waals surface area (Å²) in [7, 11) is 0. The van der Waals surface area contributed by atoms with Crippen molar-refractivity contribution < 1.29 is 0 Å². The van der Waals surface area contributed by atoms with E-state index < -0.39 is 0 Å². The minimum Gasteiger partial charge on any atom is -0.208 e. The standard InChI is InChI=1S/C120H74N6S/c1-11-33-75(34-12-1)91-69-71-99-97(73-91)98-74-92(70-72-100(98)127-99)76-57-59-84(60-58-76)108-104(83-63-67-90(68-64-83)120-125-117(87-49-27-9-28-50-87)122-118(126-120)88-51-29-10-30-52-88)103(82-61-65-89(66-62-82)119-123-115(85-45-23-7-24-46-85)121-116(124-119)86-47-25-8-26-48-86)107(81-43-21-6-22-44-81)113-95-55-31-53-93-109(95)110-94(54-32-56-96(110)114(108)113)112-106(80-41-19-5-20-42-80)102(78-37-15-3-16-38-78)101(77-35-13-2-14-36-77)105(111(93)112)79-39-17-4-18-40-79/h1-74H. The molecule has 0 aliphatic carbocycles. The van der Waals surface area contributed by atoms with Crippen LogP contribution in [0.25, 0.3) is 254 Å². The van der Waals surface area contributed by atoms with Gasteiger partial charge in [-0.15, -0.1) is 11.3 Å². The summed E-state index contributed by atoms with van der Waals surface area (Å²) in [6, 6.07) is 163. The van der Waals surface area contributed by atoms with Gasteiger partial charge in [-0.1, -0.05) is 425 Å². The average Bonchev–Trinajstić information content (AvgIpc) is 0.945. The van der Waals surface area contributed by atoms with Crippen LogP contribution in [0.2, 0.25) is 0 Å². The molecule has 6 nitrogen and oxygen atoms in total. The molecule has 0 saturated carbocycles. The Hall–Kier alpha value is -16.6. The van der Waals surface area contributed by atoms with Gasteiger partial charge in [0.2, 0.25) is 0 Å². The predicted octanol–water partition coefficient (Wildman–Crippen LogP) is 32.3. The number of benzene rings is 21. The van der Waals surface area contributed by atoms with Crippen LogP contribution < -0.4 is 0 Å². The first-order valence-electron chi connectivity index (χ1n) is 43.1. The van der Waals surface area contributed by atoms with Crippen molar-refractivity contribution in [1.29, 1.82) is 0 Å². The Bertz CT molecular complexity index is 8200. The molecule has 24 aromatic rings. The number of thiophene rings is 1. The Balaban J connectivity index is 0.850. The van der Waals surface area contributed by atoms with Crippen molar-refractivity contribution in [2.75, 3.05) is 0 Å². The van der Waals surface area contributed by atoms with E-state index in [1.54, 1.807) is 0 Å². The number of aromatic nitrogens is 6. The summed E-state index contributed by atoms with van der Waals surface area (Å²) < 4.78 is 2.52. The Labute approximate surface area is 738 Å². The molecule has 0 amide bonds. The monoisotopic (exact) mass is 1630 g/mol. The molecule has 0 saturated heterocycles. The fourth-order valence-corrected chi connectivity index (χ4v) is 20.5. The van der Waals surface area contributed by atoms with Crippen LogP contribution in [0, 0.1) is 0 Å². The molecule has 0 aliphatic heterocycles. The molecule has 0 unspecified atom stereocenters. The van der Waals surface area contributed by atoms with Crippen LogP contribution in [0.15, 0.2) is 449 Å². The summed E-state index contributed by atoms with van der Waals surface area (Å²) in [5, 5.41) is 14.1. The Morgan fingerprint density at radius 1 is 0.118 bits per heavy atom. The third-order valence-electron chi connectivity index (χ3n) is 25.1. The molecule has 3 aromatic heterocycles. The molecule has 7 heteroatoms. The third kappa shape index (κ3) is 13.0. The van der Waals surface area contributed by atoms with E-state index in [0.29, 0.717) is 34.9 Å². The van der Waals surface area contributed by atoms with Crippen LogP contribution in [-0.4, -0.2) is 29.9 Å². The van der Waals surface area contributed by atoms with Gasteiger partial charge in [0.25, 0.3) is 0 Å². The molecule has 3 heterocycles. The van der Waals surface area contributed by atoms with E-state index in [2.05, 4.69) is 376 Å². The number of fused-ring (bicyclic) bond motifs is 9. The second kappa shape index (κ2) is 31.4. The zero-order valence-electron chi connectivity index (χ0n) is 68.8. The molecular formula is C120H74N6S. The van der Waals surface area contributed by atoms with Crippen LogP contribution in [0.4, 0.5) is 0 Å². The molecule has 0 radical (unpaired) electrons. The van der Waals surface area contributed by atoms with Crippen molar-refractivity contribution in [3.05, 3.63) is 449 Å². The van der Waals surface area contributed by atoms with E-state index in [1.165, 1.54) is 80.5 Å². The van der Waals surface area contributed by atoms with Crippen LogP contribution in [0.5, 0.6) is 0 Å². The number of nitrogens with zero attached hydrogens (tertiary/aromatic N) is 6. The molecule has 0 spiro atoms. The summed E-state index contributed by atoms with van der Waals surface area (Å²) in [5.41, 5.74) is 27.6. The third-order valence-corrected chi connectivity index (χ3v) is 26.3. The van der Waals surface area contributed by atoms with Crippen molar-refractivity contribution in [3.63, 3.8) is 0 Å². The molecule has 0 aliphatic rings. The first kappa shape index (κ1) is 74.3. The summed E-state index contributed by atoms with van der Waals surface area (Å²) in [6.45, 7) is 0.